The van der Waals surface area contributed by atoms with Gasteiger partial charge in [-0.25, -0.2) is 14.1 Å². The molecule has 1 saturated heterocycles. The van der Waals surface area contributed by atoms with Gasteiger partial charge in [-0.3, -0.25) is 19.3 Å². The monoisotopic (exact) mass is 471 g/mol. The summed E-state index contributed by atoms with van der Waals surface area (Å²) >= 11 is 2.90. The maximum Gasteiger partial charge on any atom is 0.334 e. The number of hydrogen-bond donors (Lipinski definition) is 1. The molecule has 2 aromatic heterocycles. The number of rotatable bonds is 8. The zero-order valence-electron chi connectivity index (χ0n) is 16.7. The molecule has 1 aliphatic heterocycles. The number of hydrogen-bond acceptors (Lipinski definition) is 6. The van der Waals surface area contributed by atoms with E-state index in [1.165, 1.54) is 34.8 Å². The third-order valence-electron chi connectivity index (χ3n) is 4.94. The first-order valence-electron chi connectivity index (χ1n) is 9.72. The SMILES string of the molecule is O=C(CN1C(=O)C(=O)N(CCc2cccs2)C1=O)NC(c1ccc(F)cc1)c1cccs1. The van der Waals surface area contributed by atoms with Gasteiger partial charge in [0.25, 0.3) is 0 Å². The average Bonchev–Trinajstić information content (AvgIpc) is 3.53. The number of urea groups is 1. The smallest absolute Gasteiger partial charge is 0.334 e. The Balaban J connectivity index is 1.44. The van der Waals surface area contributed by atoms with Crippen LogP contribution in [-0.4, -0.2) is 46.6 Å². The average molecular weight is 472 g/mol. The van der Waals surface area contributed by atoms with Crippen molar-refractivity contribution in [2.24, 2.45) is 0 Å². The molecule has 7 nitrogen and oxygen atoms in total. The lowest BCUT2D eigenvalue weighted by atomic mass is 10.1. The molecule has 3 heterocycles. The van der Waals surface area contributed by atoms with Gasteiger partial charge in [0.1, 0.15) is 12.4 Å². The third-order valence-corrected chi connectivity index (χ3v) is 6.81. The van der Waals surface area contributed by atoms with Gasteiger partial charge in [-0.1, -0.05) is 24.3 Å². The first kappa shape index (κ1) is 21.8. The highest BCUT2D eigenvalue weighted by molar-refractivity contribution is 7.10. The van der Waals surface area contributed by atoms with Crippen LogP contribution < -0.4 is 5.32 Å². The molecule has 3 aromatic rings. The zero-order valence-corrected chi connectivity index (χ0v) is 18.3. The van der Waals surface area contributed by atoms with E-state index in [1.54, 1.807) is 12.1 Å². The molecule has 0 bridgehead atoms. The molecule has 0 radical (unpaired) electrons. The molecule has 0 saturated carbocycles. The first-order valence-corrected chi connectivity index (χ1v) is 11.5. The van der Waals surface area contributed by atoms with Crippen LogP contribution in [-0.2, 0) is 20.8 Å². The number of carbonyl (C=O) groups excluding carboxylic acids is 4. The minimum atomic E-state index is -1.02. The standard InChI is InChI=1S/C22H18FN3O4S2/c23-15-7-5-14(6-8-15)19(17-4-2-12-32-17)24-18(27)13-26-21(29)20(28)25(22(26)30)10-9-16-3-1-11-31-16/h1-8,11-12,19H,9-10,13H2,(H,24,27). The van der Waals surface area contributed by atoms with Crippen LogP contribution in [0.3, 0.4) is 0 Å². The van der Waals surface area contributed by atoms with Crippen molar-refractivity contribution in [2.75, 3.05) is 13.1 Å². The van der Waals surface area contributed by atoms with Crippen molar-refractivity contribution in [1.29, 1.82) is 0 Å². The highest BCUT2D eigenvalue weighted by Crippen LogP contribution is 2.26. The fraction of sp³-hybridized carbons (Fsp3) is 0.182. The van der Waals surface area contributed by atoms with E-state index in [4.69, 9.17) is 0 Å². The number of nitrogens with one attached hydrogen (secondary N) is 1. The van der Waals surface area contributed by atoms with Crippen LogP contribution in [0.15, 0.2) is 59.3 Å². The van der Waals surface area contributed by atoms with E-state index < -0.39 is 42.2 Å². The van der Waals surface area contributed by atoms with Gasteiger partial charge in [0.2, 0.25) is 5.91 Å². The summed E-state index contributed by atoms with van der Waals surface area (Å²) < 4.78 is 13.3. The van der Waals surface area contributed by atoms with Crippen LogP contribution in [0.4, 0.5) is 9.18 Å². The number of thiophene rings is 2. The summed E-state index contributed by atoms with van der Waals surface area (Å²) in [5.41, 5.74) is 0.648. The predicted molar refractivity (Wildman–Crippen MR) is 118 cm³/mol. The summed E-state index contributed by atoms with van der Waals surface area (Å²) in [6, 6.07) is 11.7. The topological polar surface area (TPSA) is 86.8 Å². The minimum absolute atomic E-state index is 0.0649. The number of halogens is 1. The van der Waals surface area contributed by atoms with Crippen molar-refractivity contribution in [3.63, 3.8) is 0 Å². The second-order valence-corrected chi connectivity index (χ2v) is 9.04. The molecule has 10 heteroatoms. The van der Waals surface area contributed by atoms with Crippen LogP contribution in [0, 0.1) is 5.82 Å². The summed E-state index contributed by atoms with van der Waals surface area (Å²) in [5.74, 6) is -2.97. The zero-order chi connectivity index (χ0) is 22.7. The summed E-state index contributed by atoms with van der Waals surface area (Å²) in [7, 11) is 0. The lowest BCUT2D eigenvalue weighted by molar-refractivity contribution is -0.144. The Hall–Kier alpha value is -3.37. The fourth-order valence-corrected chi connectivity index (χ4v) is 4.84. The Morgan fingerprint density at radius 2 is 1.62 bits per heavy atom. The largest absolute Gasteiger partial charge is 0.343 e. The van der Waals surface area contributed by atoms with Crippen molar-refractivity contribution in [2.45, 2.75) is 12.5 Å². The van der Waals surface area contributed by atoms with Crippen LogP contribution in [0.1, 0.15) is 21.4 Å². The Morgan fingerprint density at radius 3 is 2.28 bits per heavy atom. The second-order valence-electron chi connectivity index (χ2n) is 7.03. The van der Waals surface area contributed by atoms with Crippen molar-refractivity contribution in [3.05, 3.63) is 80.4 Å². The van der Waals surface area contributed by atoms with E-state index >= 15 is 0 Å². The molecule has 1 aliphatic rings. The summed E-state index contributed by atoms with van der Waals surface area (Å²) in [5, 5.41) is 6.51. The van der Waals surface area contributed by atoms with E-state index in [2.05, 4.69) is 5.32 Å². The van der Waals surface area contributed by atoms with Crippen molar-refractivity contribution < 1.29 is 23.6 Å². The lowest BCUT2D eigenvalue weighted by Gasteiger charge is -2.20. The first-order chi connectivity index (χ1) is 15.4. The van der Waals surface area contributed by atoms with Gasteiger partial charge >= 0.3 is 17.8 Å². The molecule has 1 fully saturated rings. The third kappa shape index (κ3) is 4.61. The van der Waals surface area contributed by atoms with Crippen LogP contribution in [0.25, 0.3) is 0 Å². The van der Waals surface area contributed by atoms with E-state index in [0.29, 0.717) is 16.9 Å². The number of nitrogens with zero attached hydrogens (tertiary/aromatic N) is 2. The van der Waals surface area contributed by atoms with Crippen molar-refractivity contribution >= 4 is 46.4 Å². The number of benzene rings is 1. The predicted octanol–water partition coefficient (Wildman–Crippen LogP) is 3.19. The fourth-order valence-electron chi connectivity index (χ4n) is 3.34. The molecule has 5 amide bonds. The van der Waals surface area contributed by atoms with E-state index in [1.807, 2.05) is 35.0 Å². The normalized spacial score (nSPS) is 14.8. The Labute approximate surface area is 191 Å². The summed E-state index contributed by atoms with van der Waals surface area (Å²) in [4.78, 5) is 53.3. The van der Waals surface area contributed by atoms with Crippen LogP contribution >= 0.6 is 22.7 Å². The molecule has 32 heavy (non-hydrogen) atoms. The van der Waals surface area contributed by atoms with Crippen molar-refractivity contribution in [3.8, 4) is 0 Å². The minimum Gasteiger partial charge on any atom is -0.343 e. The highest BCUT2D eigenvalue weighted by atomic mass is 32.1. The summed E-state index contributed by atoms with van der Waals surface area (Å²) in [6.07, 6.45) is 0.438. The number of amides is 5. The Bertz CT molecular complexity index is 1130. The van der Waals surface area contributed by atoms with Crippen LogP contribution in [0.5, 0.6) is 0 Å². The van der Waals surface area contributed by atoms with Gasteiger partial charge in [-0.05, 0) is 40.6 Å². The molecule has 1 unspecified atom stereocenters. The van der Waals surface area contributed by atoms with Crippen molar-refractivity contribution in [1.82, 2.24) is 15.1 Å². The molecular weight excluding hydrogens is 453 g/mol. The van der Waals surface area contributed by atoms with Crippen LogP contribution in [0.2, 0.25) is 0 Å². The van der Waals surface area contributed by atoms with Gasteiger partial charge in [0, 0.05) is 22.7 Å². The molecule has 0 aliphatic carbocycles. The van der Waals surface area contributed by atoms with Gasteiger partial charge in [-0.15, -0.1) is 22.7 Å². The van der Waals surface area contributed by atoms with Gasteiger partial charge < -0.3 is 5.32 Å². The van der Waals surface area contributed by atoms with E-state index in [-0.39, 0.29) is 6.54 Å². The molecule has 1 N–H and O–H groups in total. The number of imide groups is 2. The molecule has 0 spiro atoms. The number of carbonyl (C=O) groups is 4. The summed E-state index contributed by atoms with van der Waals surface area (Å²) in [6.45, 7) is -0.516. The maximum absolute atomic E-state index is 13.3. The maximum atomic E-state index is 13.3. The van der Waals surface area contributed by atoms with Gasteiger partial charge in [0.15, 0.2) is 0 Å². The van der Waals surface area contributed by atoms with E-state index in [0.717, 1.165) is 14.7 Å². The second kappa shape index (κ2) is 9.41. The molecular formula is C22H18FN3O4S2. The quantitative estimate of drug-likeness (QED) is 0.404. The molecule has 1 atom stereocenters. The Morgan fingerprint density at radius 1 is 0.938 bits per heavy atom. The molecule has 164 valence electrons. The van der Waals surface area contributed by atoms with Gasteiger partial charge in [0.05, 0.1) is 6.04 Å². The Kier molecular flexibility index (Phi) is 6.42. The van der Waals surface area contributed by atoms with Gasteiger partial charge in [-0.2, -0.15) is 0 Å². The highest BCUT2D eigenvalue weighted by Gasteiger charge is 2.45. The van der Waals surface area contributed by atoms with E-state index in [9.17, 15) is 23.6 Å². The molecule has 1 aromatic carbocycles. The lowest BCUT2D eigenvalue weighted by Crippen LogP contribution is -2.42. The molecule has 4 rings (SSSR count).